The molecule has 4 heteroatoms. The fraction of sp³-hybridized carbons (Fsp3) is 0.500. The van der Waals surface area contributed by atoms with Gasteiger partial charge in [0.15, 0.2) is 0 Å². The fourth-order valence-electron chi connectivity index (χ4n) is 2.73. The Hall–Kier alpha value is -0.970. The van der Waals surface area contributed by atoms with Crippen LogP contribution in [0.25, 0.3) is 10.2 Å². The van der Waals surface area contributed by atoms with Crippen LogP contribution in [0.1, 0.15) is 17.8 Å². The van der Waals surface area contributed by atoms with Gasteiger partial charge in [0.1, 0.15) is 5.01 Å². The topological polar surface area (TPSA) is 28.2 Å². The lowest BCUT2D eigenvalue weighted by Crippen LogP contribution is -2.36. The summed E-state index contributed by atoms with van der Waals surface area (Å²) in [5.41, 5.74) is 1.14. The average molecular weight is 261 g/mol. The minimum Gasteiger partial charge on any atom is -0.318 e. The number of benzene rings is 1. The molecule has 3 nitrogen and oxygen atoms in total. The quantitative estimate of drug-likeness (QED) is 0.916. The van der Waals surface area contributed by atoms with Crippen LogP contribution < -0.4 is 5.32 Å². The van der Waals surface area contributed by atoms with Crippen molar-refractivity contribution in [1.82, 2.24) is 15.2 Å². The van der Waals surface area contributed by atoms with Gasteiger partial charge in [0.05, 0.1) is 16.8 Å². The number of nitrogens with zero attached hydrogens (tertiary/aromatic N) is 2. The van der Waals surface area contributed by atoms with Crippen molar-refractivity contribution < 1.29 is 0 Å². The monoisotopic (exact) mass is 261 g/mol. The van der Waals surface area contributed by atoms with Crippen molar-refractivity contribution in [2.45, 2.75) is 25.4 Å². The summed E-state index contributed by atoms with van der Waals surface area (Å²) < 4.78 is 1.30. The van der Waals surface area contributed by atoms with E-state index < -0.39 is 0 Å². The van der Waals surface area contributed by atoms with Crippen LogP contribution in [0.2, 0.25) is 0 Å². The minimum atomic E-state index is 0.682. The van der Waals surface area contributed by atoms with Gasteiger partial charge < -0.3 is 5.32 Å². The van der Waals surface area contributed by atoms with Gasteiger partial charge in [0, 0.05) is 12.6 Å². The number of fused-ring (bicyclic) bond motifs is 1. The summed E-state index contributed by atoms with van der Waals surface area (Å²) in [5, 5.41) is 4.54. The average Bonchev–Trinajstić information content (AvgIpc) is 2.97. The van der Waals surface area contributed by atoms with Gasteiger partial charge in [-0.15, -0.1) is 11.3 Å². The molecule has 2 heterocycles. The molecule has 0 amide bonds. The number of para-hydroxylation sites is 1. The standard InChI is InChI=1S/C14H19N3S/c1-15-9-11-5-4-8-17(11)10-14-16-12-6-2-3-7-13(12)18-14/h2-3,6-7,11,15H,4-5,8-10H2,1H3. The number of hydrogen-bond donors (Lipinski definition) is 1. The third-order valence-corrected chi connectivity index (χ3v) is 4.64. The Morgan fingerprint density at radius 1 is 1.44 bits per heavy atom. The van der Waals surface area contributed by atoms with E-state index in [9.17, 15) is 0 Å². The number of hydrogen-bond acceptors (Lipinski definition) is 4. The number of likely N-dealkylation sites (tertiary alicyclic amines) is 1. The number of likely N-dealkylation sites (N-methyl/N-ethyl adjacent to an activating group) is 1. The highest BCUT2D eigenvalue weighted by Gasteiger charge is 2.24. The van der Waals surface area contributed by atoms with Crippen molar-refractivity contribution in [2.24, 2.45) is 0 Å². The van der Waals surface area contributed by atoms with Gasteiger partial charge in [-0.25, -0.2) is 4.98 Å². The van der Waals surface area contributed by atoms with Gasteiger partial charge in [-0.3, -0.25) is 4.90 Å². The van der Waals surface area contributed by atoms with E-state index in [2.05, 4.69) is 34.5 Å². The second-order valence-corrected chi connectivity index (χ2v) is 6.01. The zero-order valence-electron chi connectivity index (χ0n) is 10.7. The maximum Gasteiger partial charge on any atom is 0.108 e. The maximum absolute atomic E-state index is 4.73. The van der Waals surface area contributed by atoms with Crippen LogP contribution in [-0.4, -0.2) is 36.1 Å². The molecule has 96 valence electrons. The minimum absolute atomic E-state index is 0.682. The van der Waals surface area contributed by atoms with Gasteiger partial charge in [-0.2, -0.15) is 0 Å². The van der Waals surface area contributed by atoms with E-state index in [4.69, 9.17) is 4.98 Å². The zero-order chi connectivity index (χ0) is 12.4. The molecular weight excluding hydrogens is 242 g/mol. The molecule has 0 bridgehead atoms. The first-order valence-electron chi connectivity index (χ1n) is 6.60. The Kier molecular flexibility index (Phi) is 3.59. The Morgan fingerprint density at radius 3 is 3.17 bits per heavy atom. The molecule has 0 spiro atoms. The fourth-order valence-corrected chi connectivity index (χ4v) is 3.72. The van der Waals surface area contributed by atoms with Crippen LogP contribution >= 0.6 is 11.3 Å². The van der Waals surface area contributed by atoms with Crippen molar-refractivity contribution in [3.05, 3.63) is 29.3 Å². The molecule has 0 saturated carbocycles. The highest BCUT2D eigenvalue weighted by atomic mass is 32.1. The van der Waals surface area contributed by atoms with Crippen molar-refractivity contribution in [3.8, 4) is 0 Å². The first-order valence-corrected chi connectivity index (χ1v) is 7.41. The van der Waals surface area contributed by atoms with Crippen LogP contribution in [0.15, 0.2) is 24.3 Å². The highest BCUT2D eigenvalue weighted by molar-refractivity contribution is 7.18. The highest BCUT2D eigenvalue weighted by Crippen LogP contribution is 2.25. The van der Waals surface area contributed by atoms with E-state index in [-0.39, 0.29) is 0 Å². The molecule has 2 aromatic rings. The second-order valence-electron chi connectivity index (χ2n) is 4.90. The SMILES string of the molecule is CNCC1CCCN1Cc1nc2ccccc2s1. The predicted octanol–water partition coefficient (Wildman–Crippen LogP) is 2.48. The third kappa shape index (κ3) is 2.41. The van der Waals surface area contributed by atoms with E-state index >= 15 is 0 Å². The smallest absolute Gasteiger partial charge is 0.108 e. The van der Waals surface area contributed by atoms with E-state index in [0.29, 0.717) is 6.04 Å². The Labute approximate surface area is 112 Å². The normalized spacial score (nSPS) is 20.8. The van der Waals surface area contributed by atoms with E-state index in [1.165, 1.54) is 29.1 Å². The summed E-state index contributed by atoms with van der Waals surface area (Å²) in [6, 6.07) is 9.09. The summed E-state index contributed by atoms with van der Waals surface area (Å²) in [5.74, 6) is 0. The predicted molar refractivity (Wildman–Crippen MR) is 77.0 cm³/mol. The molecule has 1 aliphatic rings. The third-order valence-electron chi connectivity index (χ3n) is 3.62. The second kappa shape index (κ2) is 5.34. The van der Waals surface area contributed by atoms with E-state index in [1.54, 1.807) is 0 Å². The van der Waals surface area contributed by atoms with Crippen LogP contribution in [-0.2, 0) is 6.54 Å². The van der Waals surface area contributed by atoms with Gasteiger partial charge in [0.25, 0.3) is 0 Å². The molecule has 1 fully saturated rings. The molecule has 3 rings (SSSR count). The molecule has 1 N–H and O–H groups in total. The lowest BCUT2D eigenvalue weighted by Gasteiger charge is -2.22. The molecule has 1 unspecified atom stereocenters. The van der Waals surface area contributed by atoms with Crippen molar-refractivity contribution in [1.29, 1.82) is 0 Å². The van der Waals surface area contributed by atoms with E-state index in [1.807, 2.05) is 18.4 Å². The molecule has 18 heavy (non-hydrogen) atoms. The van der Waals surface area contributed by atoms with Gasteiger partial charge in [0.2, 0.25) is 0 Å². The Morgan fingerprint density at radius 2 is 2.33 bits per heavy atom. The largest absolute Gasteiger partial charge is 0.318 e. The van der Waals surface area contributed by atoms with Gasteiger partial charge in [-0.1, -0.05) is 12.1 Å². The lowest BCUT2D eigenvalue weighted by molar-refractivity contribution is 0.242. The van der Waals surface area contributed by atoms with Crippen LogP contribution in [0, 0.1) is 0 Å². The van der Waals surface area contributed by atoms with Crippen molar-refractivity contribution in [3.63, 3.8) is 0 Å². The van der Waals surface area contributed by atoms with Crippen molar-refractivity contribution >= 4 is 21.6 Å². The van der Waals surface area contributed by atoms with Crippen LogP contribution in [0.4, 0.5) is 0 Å². The summed E-state index contributed by atoms with van der Waals surface area (Å²) in [6.45, 7) is 3.30. The number of aromatic nitrogens is 1. The summed E-state index contributed by atoms with van der Waals surface area (Å²) in [7, 11) is 2.04. The van der Waals surface area contributed by atoms with Gasteiger partial charge in [-0.05, 0) is 38.6 Å². The summed E-state index contributed by atoms with van der Waals surface area (Å²) >= 11 is 1.83. The molecule has 1 aliphatic heterocycles. The van der Waals surface area contributed by atoms with Gasteiger partial charge >= 0.3 is 0 Å². The zero-order valence-corrected chi connectivity index (χ0v) is 11.5. The number of nitrogens with one attached hydrogen (secondary N) is 1. The molecule has 1 saturated heterocycles. The lowest BCUT2D eigenvalue weighted by atomic mass is 10.2. The summed E-state index contributed by atoms with van der Waals surface area (Å²) in [6.07, 6.45) is 2.63. The Balaban J connectivity index is 1.75. The first kappa shape index (κ1) is 12.1. The molecule has 0 radical (unpaired) electrons. The molecular formula is C14H19N3S. The Bertz CT molecular complexity index is 489. The first-order chi connectivity index (χ1) is 8.86. The molecule has 1 aromatic heterocycles. The maximum atomic E-state index is 4.73. The molecule has 0 aliphatic carbocycles. The molecule has 1 atom stereocenters. The number of thiazole rings is 1. The summed E-state index contributed by atoms with van der Waals surface area (Å²) in [4.78, 5) is 7.29. The molecule has 1 aromatic carbocycles. The number of rotatable bonds is 4. The van der Waals surface area contributed by atoms with Crippen molar-refractivity contribution in [2.75, 3.05) is 20.1 Å². The van der Waals surface area contributed by atoms with Crippen LogP contribution in [0.5, 0.6) is 0 Å². The van der Waals surface area contributed by atoms with Crippen LogP contribution in [0.3, 0.4) is 0 Å². The van der Waals surface area contributed by atoms with E-state index in [0.717, 1.165) is 18.6 Å².